The molecule has 29 heavy (non-hydrogen) atoms. The second kappa shape index (κ2) is 5.68. The van der Waals surface area contributed by atoms with Crippen LogP contribution in [0.2, 0.25) is 0 Å². The van der Waals surface area contributed by atoms with Gasteiger partial charge in [-0.3, -0.25) is 10.1 Å². The molecule has 2 aromatic rings. The van der Waals surface area contributed by atoms with Crippen molar-refractivity contribution in [2.75, 3.05) is 4.90 Å². The molecule has 3 amide bonds. The van der Waals surface area contributed by atoms with Crippen molar-refractivity contribution in [1.29, 1.82) is 5.26 Å². The fraction of sp³-hybridized carbons (Fsp3) is 0.105. The predicted molar refractivity (Wildman–Crippen MR) is 94.4 cm³/mol. The molecule has 2 aromatic carbocycles. The summed E-state index contributed by atoms with van der Waals surface area (Å²) in [6.07, 6.45) is -3.08. The third-order valence-electron chi connectivity index (χ3n) is 4.70. The van der Waals surface area contributed by atoms with E-state index in [1.165, 1.54) is 18.2 Å². The second-order valence-electron chi connectivity index (χ2n) is 6.48. The molecule has 1 unspecified atom stereocenters. The Bertz CT molecular complexity index is 1170. The highest BCUT2D eigenvalue weighted by atomic mass is 19.3. The molecule has 0 aliphatic carbocycles. The molecule has 0 radical (unpaired) electrons. The number of nitriles is 1. The zero-order chi connectivity index (χ0) is 20.3. The highest BCUT2D eigenvalue weighted by Crippen LogP contribution is 2.46. The van der Waals surface area contributed by atoms with Crippen molar-refractivity contribution in [3.05, 3.63) is 53.1 Å². The quantitative estimate of drug-likeness (QED) is 0.768. The zero-order valence-electron chi connectivity index (χ0n) is 14.4. The first kappa shape index (κ1) is 17.0. The van der Waals surface area contributed by atoms with Crippen LogP contribution in [0.1, 0.15) is 11.1 Å². The second-order valence-corrected chi connectivity index (χ2v) is 6.48. The molecule has 5 rings (SSSR count). The maximum absolute atomic E-state index is 13.4. The molecule has 10 heteroatoms. The molecule has 3 aliphatic rings. The van der Waals surface area contributed by atoms with Crippen molar-refractivity contribution >= 4 is 29.4 Å². The van der Waals surface area contributed by atoms with E-state index in [0.29, 0.717) is 22.5 Å². The Kier molecular flexibility index (Phi) is 3.33. The predicted octanol–water partition coefficient (Wildman–Crippen LogP) is 2.58. The number of fused-ring (bicyclic) bond motifs is 3. The molecule has 8 nitrogen and oxygen atoms in total. The van der Waals surface area contributed by atoms with Crippen LogP contribution in [-0.4, -0.2) is 24.4 Å². The van der Waals surface area contributed by atoms with Crippen LogP contribution in [-0.2, 0) is 4.79 Å². The molecular weight excluding hydrogens is 386 g/mol. The minimum Gasteiger partial charge on any atom is -0.395 e. The summed E-state index contributed by atoms with van der Waals surface area (Å²) < 4.78 is 35.8. The Balaban J connectivity index is 1.69. The number of carbonyl (C=O) groups excluding carboxylic acids is 2. The number of hydrogen-bond acceptors (Lipinski definition) is 6. The van der Waals surface area contributed by atoms with Gasteiger partial charge in [-0.1, -0.05) is 6.07 Å². The van der Waals surface area contributed by atoms with Gasteiger partial charge in [0.05, 0.1) is 22.9 Å². The number of nitrogens with zero attached hydrogens (tertiary/aromatic N) is 2. The fourth-order valence-electron chi connectivity index (χ4n) is 3.51. The maximum Gasteiger partial charge on any atom is 0.586 e. The smallest absolute Gasteiger partial charge is 0.395 e. The lowest BCUT2D eigenvalue weighted by molar-refractivity contribution is -0.286. The van der Waals surface area contributed by atoms with Crippen LogP contribution >= 0.6 is 0 Å². The number of urea groups is 1. The monoisotopic (exact) mass is 396 g/mol. The number of anilines is 2. The van der Waals surface area contributed by atoms with Crippen LogP contribution in [0.4, 0.5) is 25.0 Å². The molecule has 0 spiro atoms. The lowest BCUT2D eigenvalue weighted by Gasteiger charge is -2.40. The Morgan fingerprint density at radius 3 is 2.69 bits per heavy atom. The first-order valence-corrected chi connectivity index (χ1v) is 8.41. The van der Waals surface area contributed by atoms with Crippen molar-refractivity contribution < 1.29 is 27.8 Å². The van der Waals surface area contributed by atoms with Gasteiger partial charge in [0.1, 0.15) is 6.17 Å². The Morgan fingerprint density at radius 1 is 1.10 bits per heavy atom. The van der Waals surface area contributed by atoms with E-state index in [1.54, 1.807) is 29.2 Å². The van der Waals surface area contributed by atoms with Crippen LogP contribution in [0.3, 0.4) is 0 Å². The Labute approximate surface area is 161 Å². The van der Waals surface area contributed by atoms with Crippen molar-refractivity contribution in [3.8, 4) is 17.6 Å². The number of hydrogen-bond donors (Lipinski definition) is 2. The SMILES string of the molecule is N#Cc1ccc2c(c1)N(c1ccc3c(c1)OC(F)(F)O3)C1NC(=O)NC(=O)C1=C2. The highest BCUT2D eigenvalue weighted by Gasteiger charge is 2.44. The van der Waals surface area contributed by atoms with E-state index in [1.807, 2.05) is 6.07 Å². The van der Waals surface area contributed by atoms with Gasteiger partial charge < -0.3 is 19.7 Å². The van der Waals surface area contributed by atoms with Crippen molar-refractivity contribution in [2.45, 2.75) is 12.5 Å². The summed E-state index contributed by atoms with van der Waals surface area (Å²) in [7, 11) is 0. The van der Waals surface area contributed by atoms with Crippen LogP contribution in [0.5, 0.6) is 11.5 Å². The van der Waals surface area contributed by atoms with Gasteiger partial charge in [-0.15, -0.1) is 8.78 Å². The van der Waals surface area contributed by atoms with E-state index < -0.39 is 24.4 Å². The molecule has 0 saturated carbocycles. The summed E-state index contributed by atoms with van der Waals surface area (Å²) in [5.74, 6) is -0.901. The topological polar surface area (TPSA) is 104 Å². The first-order chi connectivity index (χ1) is 13.8. The lowest BCUT2D eigenvalue weighted by atomic mass is 9.95. The Hall–Kier alpha value is -4.13. The van der Waals surface area contributed by atoms with Crippen LogP contribution < -0.4 is 25.0 Å². The standard InChI is InChI=1S/C19H10F2N4O4/c20-19(21)28-14-4-3-11(7-15(14)29-19)25-13-5-9(8-22)1-2-10(13)6-12-16(25)23-18(27)24-17(12)26/h1-7,16H,(H2,23,24,26,27). The van der Waals surface area contributed by atoms with Gasteiger partial charge in [-0.25, -0.2) is 4.79 Å². The molecule has 1 atom stereocenters. The fourth-order valence-corrected chi connectivity index (χ4v) is 3.51. The van der Waals surface area contributed by atoms with E-state index in [2.05, 4.69) is 20.1 Å². The summed E-state index contributed by atoms with van der Waals surface area (Å²) in [5, 5.41) is 14.1. The van der Waals surface area contributed by atoms with Crippen LogP contribution in [0, 0.1) is 11.3 Å². The number of nitrogens with one attached hydrogen (secondary N) is 2. The first-order valence-electron chi connectivity index (χ1n) is 8.41. The van der Waals surface area contributed by atoms with Gasteiger partial charge in [0.25, 0.3) is 5.91 Å². The summed E-state index contributed by atoms with van der Waals surface area (Å²) in [4.78, 5) is 25.8. The normalized spacial score (nSPS) is 20.7. The van der Waals surface area contributed by atoms with E-state index in [4.69, 9.17) is 0 Å². The van der Waals surface area contributed by atoms with Crippen molar-refractivity contribution in [2.24, 2.45) is 0 Å². The molecular formula is C19H10F2N4O4. The summed E-state index contributed by atoms with van der Waals surface area (Å²) >= 11 is 0. The summed E-state index contributed by atoms with van der Waals surface area (Å²) in [6.45, 7) is 0. The van der Waals surface area contributed by atoms with Crippen LogP contribution in [0.25, 0.3) is 6.08 Å². The summed E-state index contributed by atoms with van der Waals surface area (Å²) in [6, 6.07) is 10.3. The number of amides is 3. The van der Waals surface area contributed by atoms with Gasteiger partial charge in [0.2, 0.25) is 0 Å². The molecule has 0 aromatic heterocycles. The van der Waals surface area contributed by atoms with Gasteiger partial charge in [-0.2, -0.15) is 5.26 Å². The molecule has 1 fully saturated rings. The number of alkyl halides is 2. The van der Waals surface area contributed by atoms with Crippen molar-refractivity contribution in [3.63, 3.8) is 0 Å². The van der Waals surface area contributed by atoms with Gasteiger partial charge in [0.15, 0.2) is 11.5 Å². The van der Waals surface area contributed by atoms with Gasteiger partial charge in [-0.05, 0) is 35.9 Å². The summed E-state index contributed by atoms with van der Waals surface area (Å²) in [5.41, 5.74) is 2.09. The average molecular weight is 396 g/mol. The van der Waals surface area contributed by atoms with E-state index in [-0.39, 0.29) is 17.1 Å². The molecule has 1 saturated heterocycles. The molecule has 144 valence electrons. The minimum absolute atomic E-state index is 0.136. The molecule has 3 aliphatic heterocycles. The minimum atomic E-state index is -3.78. The van der Waals surface area contributed by atoms with Crippen molar-refractivity contribution in [1.82, 2.24) is 10.6 Å². The van der Waals surface area contributed by atoms with Gasteiger partial charge in [0, 0.05) is 11.8 Å². The van der Waals surface area contributed by atoms with Crippen LogP contribution in [0.15, 0.2) is 42.0 Å². The largest absolute Gasteiger partial charge is 0.586 e. The average Bonchev–Trinajstić information content (AvgIpc) is 2.99. The molecule has 3 heterocycles. The number of benzene rings is 2. The number of rotatable bonds is 1. The van der Waals surface area contributed by atoms with E-state index in [0.717, 1.165) is 0 Å². The Morgan fingerprint density at radius 2 is 1.90 bits per heavy atom. The maximum atomic E-state index is 13.4. The number of halogens is 2. The van der Waals surface area contributed by atoms with Gasteiger partial charge >= 0.3 is 12.3 Å². The third kappa shape index (κ3) is 2.63. The number of imide groups is 1. The third-order valence-corrected chi connectivity index (χ3v) is 4.70. The zero-order valence-corrected chi connectivity index (χ0v) is 14.4. The van der Waals surface area contributed by atoms with E-state index in [9.17, 15) is 23.6 Å². The van der Waals surface area contributed by atoms with E-state index >= 15 is 0 Å². The molecule has 0 bridgehead atoms. The number of carbonyl (C=O) groups is 2. The number of ether oxygens (including phenoxy) is 2. The molecule has 2 N–H and O–H groups in total. The lowest BCUT2D eigenvalue weighted by Crippen LogP contribution is -2.60. The highest BCUT2D eigenvalue weighted by molar-refractivity contribution is 6.12.